The van der Waals surface area contributed by atoms with Crippen molar-refractivity contribution in [2.75, 3.05) is 0 Å². The Kier molecular flexibility index (Phi) is 6.17. The lowest BCUT2D eigenvalue weighted by atomic mass is 10.2. The fourth-order valence-corrected chi connectivity index (χ4v) is 4.83. The van der Waals surface area contributed by atoms with E-state index in [4.69, 9.17) is 47.0 Å². The van der Waals surface area contributed by atoms with Crippen LogP contribution in [0.4, 0.5) is 0 Å². The van der Waals surface area contributed by atoms with E-state index in [1.54, 1.807) is 24.3 Å². The number of carbonyl (C=O) groups is 1. The molecule has 1 heterocycles. The predicted octanol–water partition coefficient (Wildman–Crippen LogP) is 4.74. The van der Waals surface area contributed by atoms with Gasteiger partial charge in [0.1, 0.15) is 0 Å². The summed E-state index contributed by atoms with van der Waals surface area (Å²) in [6.45, 7) is 0. The zero-order valence-electron chi connectivity index (χ0n) is 13.1. The molecule has 1 saturated heterocycles. The fraction of sp³-hybridized carbons (Fsp3) is 0. The molecule has 0 aromatic heterocycles. The molecule has 0 bridgehead atoms. The number of carbonyl (C=O) groups excluding carboxylic acids is 1. The normalized spacial score (nSPS) is 16.4. The molecule has 1 aliphatic rings. The van der Waals surface area contributed by atoms with Crippen LogP contribution < -0.4 is 4.83 Å². The minimum absolute atomic E-state index is 0.0468. The summed E-state index contributed by atoms with van der Waals surface area (Å²) in [4.78, 5) is 15.0. The van der Waals surface area contributed by atoms with Crippen LogP contribution in [0, 0.1) is 0 Å². The summed E-state index contributed by atoms with van der Waals surface area (Å²) >= 11 is 23.7. The molecule has 1 N–H and O–H groups in total. The minimum Gasteiger partial charge on any atom is -0.267 e. The third-order valence-electron chi connectivity index (χ3n) is 3.37. The van der Waals surface area contributed by atoms with E-state index in [2.05, 4.69) is 4.83 Å². The first kappa shape index (κ1) is 20.6. The molecule has 140 valence electrons. The Hall–Kier alpha value is -1.13. The molecule has 1 fully saturated rings. The zero-order chi connectivity index (χ0) is 19.8. The average molecular weight is 480 g/mol. The van der Waals surface area contributed by atoms with Crippen molar-refractivity contribution in [1.29, 1.82) is 0 Å². The van der Waals surface area contributed by atoms with Gasteiger partial charge >= 0.3 is 0 Å². The molecule has 0 radical (unpaired) electrons. The predicted molar refractivity (Wildman–Crippen MR) is 113 cm³/mol. The molecule has 27 heavy (non-hydrogen) atoms. The largest absolute Gasteiger partial charge is 0.281 e. The van der Waals surface area contributed by atoms with Crippen molar-refractivity contribution in [3.8, 4) is 0 Å². The van der Waals surface area contributed by atoms with Gasteiger partial charge in [-0.3, -0.25) is 4.79 Å². The van der Waals surface area contributed by atoms with E-state index in [1.165, 1.54) is 24.3 Å². The number of rotatable bonds is 4. The van der Waals surface area contributed by atoms with Crippen LogP contribution in [-0.2, 0) is 14.8 Å². The van der Waals surface area contributed by atoms with Crippen molar-refractivity contribution in [1.82, 2.24) is 9.84 Å². The van der Waals surface area contributed by atoms with E-state index >= 15 is 0 Å². The monoisotopic (exact) mass is 478 g/mol. The first-order valence-corrected chi connectivity index (χ1v) is 11.0. The Bertz CT molecular complexity index is 1070. The lowest BCUT2D eigenvalue weighted by Gasteiger charge is -2.15. The second-order valence-electron chi connectivity index (χ2n) is 5.24. The van der Waals surface area contributed by atoms with Gasteiger partial charge < -0.3 is 0 Å². The molecule has 2 aromatic carbocycles. The Morgan fingerprint density at radius 1 is 1.04 bits per heavy atom. The second kappa shape index (κ2) is 8.08. The Balaban J connectivity index is 1.84. The van der Waals surface area contributed by atoms with E-state index < -0.39 is 15.9 Å². The van der Waals surface area contributed by atoms with Crippen LogP contribution in [-0.4, -0.2) is 23.7 Å². The Labute approximate surface area is 180 Å². The molecular formula is C16H9Cl3N2O3S3. The van der Waals surface area contributed by atoms with E-state index in [0.717, 1.165) is 16.8 Å². The fourth-order valence-electron chi connectivity index (χ4n) is 2.09. The van der Waals surface area contributed by atoms with Gasteiger partial charge in [-0.05, 0) is 48.0 Å². The number of hydrogen-bond acceptors (Lipinski definition) is 5. The van der Waals surface area contributed by atoms with Gasteiger partial charge in [0, 0.05) is 5.02 Å². The smallest absolute Gasteiger partial charge is 0.267 e. The number of benzene rings is 2. The van der Waals surface area contributed by atoms with Crippen molar-refractivity contribution in [2.24, 2.45) is 0 Å². The third-order valence-corrected chi connectivity index (χ3v) is 6.98. The SMILES string of the molecule is O=C1/C(=C\c2ccc(Cl)c(Cl)c2)SC(=S)N1NS(=O)(=O)c1ccc(Cl)cc1. The maximum atomic E-state index is 12.6. The molecule has 0 unspecified atom stereocenters. The number of sulfonamides is 1. The van der Waals surface area contributed by atoms with E-state index in [1.807, 2.05) is 0 Å². The quantitative estimate of drug-likeness (QED) is 0.507. The molecule has 1 aliphatic heterocycles. The van der Waals surface area contributed by atoms with Crippen LogP contribution >= 0.6 is 58.8 Å². The minimum atomic E-state index is -4.01. The molecule has 0 spiro atoms. The van der Waals surface area contributed by atoms with Gasteiger partial charge in [-0.15, -0.1) is 4.83 Å². The van der Waals surface area contributed by atoms with Gasteiger partial charge in [0.2, 0.25) is 0 Å². The van der Waals surface area contributed by atoms with Crippen molar-refractivity contribution in [2.45, 2.75) is 4.90 Å². The number of halogens is 3. The highest BCUT2D eigenvalue weighted by Gasteiger charge is 2.35. The summed E-state index contributed by atoms with van der Waals surface area (Å²) < 4.78 is 25.0. The Morgan fingerprint density at radius 2 is 1.70 bits per heavy atom. The van der Waals surface area contributed by atoms with E-state index in [0.29, 0.717) is 20.6 Å². The van der Waals surface area contributed by atoms with Crippen LogP contribution in [0.1, 0.15) is 5.56 Å². The molecule has 11 heteroatoms. The first-order chi connectivity index (χ1) is 12.7. The summed E-state index contributed by atoms with van der Waals surface area (Å²) in [6, 6.07) is 10.4. The van der Waals surface area contributed by atoms with Gasteiger partial charge in [-0.25, -0.2) is 13.4 Å². The maximum Gasteiger partial charge on any atom is 0.281 e. The van der Waals surface area contributed by atoms with E-state index in [-0.39, 0.29) is 14.1 Å². The molecule has 3 rings (SSSR count). The summed E-state index contributed by atoms with van der Waals surface area (Å²) in [5, 5.41) is 1.93. The summed E-state index contributed by atoms with van der Waals surface area (Å²) in [5.41, 5.74) is 0.630. The second-order valence-corrected chi connectivity index (χ2v) is 9.83. The molecule has 2 aromatic rings. The number of nitrogens with zero attached hydrogens (tertiary/aromatic N) is 1. The van der Waals surface area contributed by atoms with Crippen molar-refractivity contribution in [3.63, 3.8) is 0 Å². The van der Waals surface area contributed by atoms with Gasteiger partial charge in [-0.2, -0.15) is 0 Å². The van der Waals surface area contributed by atoms with E-state index in [9.17, 15) is 13.2 Å². The first-order valence-electron chi connectivity index (χ1n) is 7.18. The van der Waals surface area contributed by atoms with Crippen LogP contribution in [0.3, 0.4) is 0 Å². The molecule has 0 saturated carbocycles. The molecule has 5 nitrogen and oxygen atoms in total. The molecular weight excluding hydrogens is 471 g/mol. The molecule has 1 amide bonds. The van der Waals surface area contributed by atoms with Crippen LogP contribution in [0.25, 0.3) is 6.08 Å². The van der Waals surface area contributed by atoms with Gasteiger partial charge in [-0.1, -0.05) is 64.8 Å². The highest BCUT2D eigenvalue weighted by molar-refractivity contribution is 8.26. The highest BCUT2D eigenvalue weighted by atomic mass is 35.5. The van der Waals surface area contributed by atoms with Crippen LogP contribution in [0.2, 0.25) is 15.1 Å². The number of nitrogens with one attached hydrogen (secondary N) is 1. The maximum absolute atomic E-state index is 12.6. The average Bonchev–Trinajstić information content (AvgIpc) is 2.86. The number of hydrazine groups is 1. The van der Waals surface area contributed by atoms with Gasteiger partial charge in [0.25, 0.3) is 15.9 Å². The van der Waals surface area contributed by atoms with Gasteiger partial charge in [0.05, 0.1) is 19.8 Å². The molecule has 0 aliphatic carbocycles. The standard InChI is InChI=1S/C16H9Cl3N2O3S3/c17-10-2-4-11(5-3-10)27(23,24)20-21-15(22)14(26-16(21)25)8-9-1-6-12(18)13(19)7-9/h1-8,20H/b14-8+. The van der Waals surface area contributed by atoms with Crippen molar-refractivity contribution < 1.29 is 13.2 Å². The van der Waals surface area contributed by atoms with Crippen LogP contribution in [0.15, 0.2) is 52.3 Å². The number of hydrogen-bond donors (Lipinski definition) is 1. The number of thioether (sulfide) groups is 1. The number of thiocarbonyl (C=S) groups is 1. The number of amides is 1. The van der Waals surface area contributed by atoms with Crippen molar-refractivity contribution in [3.05, 3.63) is 68.0 Å². The lowest BCUT2D eigenvalue weighted by Crippen LogP contribution is -2.44. The highest BCUT2D eigenvalue weighted by Crippen LogP contribution is 2.33. The Morgan fingerprint density at radius 3 is 2.33 bits per heavy atom. The van der Waals surface area contributed by atoms with Crippen molar-refractivity contribution >= 4 is 85.1 Å². The summed E-state index contributed by atoms with van der Waals surface area (Å²) in [5.74, 6) is -0.589. The topological polar surface area (TPSA) is 66.5 Å². The summed E-state index contributed by atoms with van der Waals surface area (Å²) in [6.07, 6.45) is 1.55. The lowest BCUT2D eigenvalue weighted by molar-refractivity contribution is -0.123. The molecule has 0 atom stereocenters. The van der Waals surface area contributed by atoms with Gasteiger partial charge in [0.15, 0.2) is 4.32 Å². The third kappa shape index (κ3) is 4.65. The summed E-state index contributed by atoms with van der Waals surface area (Å²) in [7, 11) is -4.01. The van der Waals surface area contributed by atoms with Crippen LogP contribution in [0.5, 0.6) is 0 Å². The zero-order valence-corrected chi connectivity index (χ0v) is 17.9.